The Hall–Kier alpha value is -1.23. The van der Waals surface area contributed by atoms with E-state index in [4.69, 9.17) is 0 Å². The highest BCUT2D eigenvalue weighted by atomic mass is 32.2. The second-order valence-electron chi connectivity index (χ2n) is 3.03. The minimum Gasteiger partial charge on any atom is -0.380 e. The van der Waals surface area contributed by atoms with Crippen LogP contribution in [0, 0.1) is 10.1 Å². The van der Waals surface area contributed by atoms with Crippen LogP contribution in [-0.2, 0) is 5.75 Å². The fraction of sp³-hybridized carbons (Fsp3) is 0.400. The molecule has 0 heterocycles. The van der Waals surface area contributed by atoms with Crippen LogP contribution in [0.5, 0.6) is 0 Å². The average molecular weight is 226 g/mol. The number of anilines is 1. The number of para-hydroxylation sites is 1. The van der Waals surface area contributed by atoms with E-state index in [0.29, 0.717) is 12.2 Å². The quantitative estimate of drug-likeness (QED) is 0.619. The molecular weight excluding hydrogens is 212 g/mol. The normalized spacial score (nSPS) is 10.0. The van der Waals surface area contributed by atoms with Crippen molar-refractivity contribution in [3.05, 3.63) is 33.9 Å². The van der Waals surface area contributed by atoms with E-state index >= 15 is 0 Å². The third-order valence-corrected chi connectivity index (χ3v) is 2.58. The molecular formula is C10H14N2O2S. The van der Waals surface area contributed by atoms with E-state index in [1.54, 1.807) is 17.8 Å². The predicted octanol–water partition coefficient (Wildman–Crippen LogP) is 2.89. The molecule has 0 aromatic heterocycles. The summed E-state index contributed by atoms with van der Waals surface area (Å²) in [7, 11) is 0. The van der Waals surface area contributed by atoms with Gasteiger partial charge in [-0.3, -0.25) is 10.1 Å². The Balaban J connectivity index is 3.15. The number of nitrogens with one attached hydrogen (secondary N) is 1. The zero-order chi connectivity index (χ0) is 11.3. The van der Waals surface area contributed by atoms with Crippen molar-refractivity contribution in [3.63, 3.8) is 0 Å². The van der Waals surface area contributed by atoms with Gasteiger partial charge in [0.05, 0.1) is 4.92 Å². The molecule has 0 atom stereocenters. The fourth-order valence-corrected chi connectivity index (χ4v) is 1.95. The summed E-state index contributed by atoms with van der Waals surface area (Å²) in [4.78, 5) is 10.5. The number of benzene rings is 1. The Bertz CT molecular complexity index is 355. The van der Waals surface area contributed by atoms with Gasteiger partial charge in [-0.05, 0) is 18.7 Å². The van der Waals surface area contributed by atoms with Gasteiger partial charge in [0.25, 0.3) is 5.69 Å². The largest absolute Gasteiger partial charge is 0.380 e. The van der Waals surface area contributed by atoms with Crippen molar-refractivity contribution in [2.75, 3.05) is 18.1 Å². The van der Waals surface area contributed by atoms with Crippen molar-refractivity contribution in [2.45, 2.75) is 12.7 Å². The molecule has 5 heteroatoms. The van der Waals surface area contributed by atoms with Crippen molar-refractivity contribution >= 4 is 23.1 Å². The maximum absolute atomic E-state index is 10.8. The molecule has 0 aliphatic heterocycles. The summed E-state index contributed by atoms with van der Waals surface area (Å²) in [6, 6.07) is 5.17. The summed E-state index contributed by atoms with van der Waals surface area (Å²) in [6.07, 6.45) is 1.98. The molecule has 0 radical (unpaired) electrons. The van der Waals surface area contributed by atoms with Crippen molar-refractivity contribution in [2.24, 2.45) is 0 Å². The van der Waals surface area contributed by atoms with Gasteiger partial charge in [0.1, 0.15) is 5.69 Å². The Labute approximate surface area is 93.2 Å². The van der Waals surface area contributed by atoms with Crippen LogP contribution in [0.25, 0.3) is 0 Å². The van der Waals surface area contributed by atoms with Crippen LogP contribution in [-0.4, -0.2) is 17.7 Å². The van der Waals surface area contributed by atoms with E-state index < -0.39 is 0 Å². The summed E-state index contributed by atoms with van der Waals surface area (Å²) in [6.45, 7) is 2.62. The molecule has 1 aromatic rings. The van der Waals surface area contributed by atoms with Crippen LogP contribution < -0.4 is 5.32 Å². The topological polar surface area (TPSA) is 55.2 Å². The lowest BCUT2D eigenvalue weighted by Gasteiger charge is -2.09. The molecule has 0 saturated carbocycles. The van der Waals surface area contributed by atoms with Gasteiger partial charge in [-0.25, -0.2) is 0 Å². The summed E-state index contributed by atoms with van der Waals surface area (Å²) < 4.78 is 0. The first-order valence-corrected chi connectivity index (χ1v) is 6.09. The average Bonchev–Trinajstić information content (AvgIpc) is 2.21. The highest BCUT2D eigenvalue weighted by Crippen LogP contribution is 2.30. The van der Waals surface area contributed by atoms with E-state index in [9.17, 15) is 10.1 Å². The lowest BCUT2D eigenvalue weighted by atomic mass is 10.1. The van der Waals surface area contributed by atoms with Crippen LogP contribution in [0.3, 0.4) is 0 Å². The maximum atomic E-state index is 10.8. The first-order valence-electron chi connectivity index (χ1n) is 4.69. The minimum atomic E-state index is -0.345. The van der Waals surface area contributed by atoms with Gasteiger partial charge in [-0.2, -0.15) is 11.8 Å². The zero-order valence-corrected chi connectivity index (χ0v) is 9.63. The van der Waals surface area contributed by atoms with E-state index in [2.05, 4.69) is 5.32 Å². The summed E-state index contributed by atoms with van der Waals surface area (Å²) in [5.74, 6) is 0.782. The summed E-state index contributed by atoms with van der Waals surface area (Å²) in [5, 5.41) is 13.9. The Morgan fingerprint density at radius 2 is 2.27 bits per heavy atom. The third-order valence-electron chi connectivity index (χ3n) is 1.98. The number of hydrogen-bond donors (Lipinski definition) is 1. The molecule has 82 valence electrons. The predicted molar refractivity (Wildman–Crippen MR) is 64.5 cm³/mol. The second kappa shape index (κ2) is 5.60. The molecule has 0 aliphatic rings. The van der Waals surface area contributed by atoms with E-state index in [1.165, 1.54) is 6.07 Å². The monoisotopic (exact) mass is 226 g/mol. The molecule has 0 fully saturated rings. The first kappa shape index (κ1) is 11.8. The van der Waals surface area contributed by atoms with Gasteiger partial charge in [0, 0.05) is 18.4 Å². The van der Waals surface area contributed by atoms with Crippen LogP contribution in [0.4, 0.5) is 11.4 Å². The van der Waals surface area contributed by atoms with Crippen molar-refractivity contribution in [1.82, 2.24) is 0 Å². The lowest BCUT2D eigenvalue weighted by Crippen LogP contribution is -2.04. The smallest absolute Gasteiger partial charge is 0.292 e. The Kier molecular flexibility index (Phi) is 4.42. The molecule has 1 N–H and O–H groups in total. The standard InChI is InChI=1S/C10H14N2O2S/c1-3-11-10-8(7-15-2)5-4-6-9(10)12(13)14/h4-6,11H,3,7H2,1-2H3. The van der Waals surface area contributed by atoms with E-state index in [0.717, 1.165) is 11.3 Å². The van der Waals surface area contributed by atoms with E-state index in [1.807, 2.05) is 19.2 Å². The van der Waals surface area contributed by atoms with Crippen LogP contribution in [0.1, 0.15) is 12.5 Å². The molecule has 15 heavy (non-hydrogen) atoms. The van der Waals surface area contributed by atoms with Crippen molar-refractivity contribution in [1.29, 1.82) is 0 Å². The summed E-state index contributed by atoms with van der Waals surface area (Å²) >= 11 is 1.65. The molecule has 0 bridgehead atoms. The molecule has 0 spiro atoms. The highest BCUT2D eigenvalue weighted by molar-refractivity contribution is 7.97. The van der Waals surface area contributed by atoms with Gasteiger partial charge in [0.2, 0.25) is 0 Å². The van der Waals surface area contributed by atoms with Crippen molar-refractivity contribution < 1.29 is 4.92 Å². The zero-order valence-electron chi connectivity index (χ0n) is 8.82. The Morgan fingerprint density at radius 1 is 1.53 bits per heavy atom. The lowest BCUT2D eigenvalue weighted by molar-refractivity contribution is -0.384. The number of hydrogen-bond acceptors (Lipinski definition) is 4. The van der Waals surface area contributed by atoms with Gasteiger partial charge in [-0.1, -0.05) is 12.1 Å². The van der Waals surface area contributed by atoms with Gasteiger partial charge >= 0.3 is 0 Å². The molecule has 1 aromatic carbocycles. The fourth-order valence-electron chi connectivity index (χ4n) is 1.40. The molecule has 0 unspecified atom stereocenters. The van der Waals surface area contributed by atoms with Gasteiger partial charge < -0.3 is 5.32 Å². The number of nitro benzene ring substituents is 1. The number of thioether (sulfide) groups is 1. The molecule has 0 amide bonds. The minimum absolute atomic E-state index is 0.156. The molecule has 1 rings (SSSR count). The van der Waals surface area contributed by atoms with Gasteiger partial charge in [-0.15, -0.1) is 0 Å². The number of nitro groups is 1. The molecule has 4 nitrogen and oxygen atoms in total. The molecule has 0 saturated heterocycles. The van der Waals surface area contributed by atoms with Gasteiger partial charge in [0.15, 0.2) is 0 Å². The van der Waals surface area contributed by atoms with Crippen LogP contribution in [0.2, 0.25) is 0 Å². The Morgan fingerprint density at radius 3 is 2.80 bits per heavy atom. The van der Waals surface area contributed by atoms with Crippen molar-refractivity contribution in [3.8, 4) is 0 Å². The number of rotatable bonds is 5. The first-order chi connectivity index (χ1) is 7.20. The maximum Gasteiger partial charge on any atom is 0.292 e. The molecule has 0 aliphatic carbocycles. The van der Waals surface area contributed by atoms with Crippen LogP contribution >= 0.6 is 11.8 Å². The summed E-state index contributed by atoms with van der Waals surface area (Å²) in [5.41, 5.74) is 1.79. The highest BCUT2D eigenvalue weighted by Gasteiger charge is 2.15. The third kappa shape index (κ3) is 2.86. The number of nitrogens with zero attached hydrogens (tertiary/aromatic N) is 1. The van der Waals surface area contributed by atoms with Crippen LogP contribution in [0.15, 0.2) is 18.2 Å². The SMILES string of the molecule is CCNc1c(CSC)cccc1[N+](=O)[O-]. The van der Waals surface area contributed by atoms with E-state index in [-0.39, 0.29) is 10.6 Å². The second-order valence-corrected chi connectivity index (χ2v) is 3.90.